The van der Waals surface area contributed by atoms with Crippen molar-refractivity contribution >= 4 is 12.2 Å². The third-order valence-electron chi connectivity index (χ3n) is 3.01. The maximum absolute atomic E-state index is 12.5. The molecular formula is C17H30N2O4. The highest BCUT2D eigenvalue weighted by molar-refractivity contribution is 5.75. The van der Waals surface area contributed by atoms with Crippen LogP contribution < -0.4 is 5.43 Å². The van der Waals surface area contributed by atoms with Gasteiger partial charge in [0.15, 0.2) is 0 Å². The van der Waals surface area contributed by atoms with E-state index >= 15 is 0 Å². The Morgan fingerprint density at radius 3 is 2.22 bits per heavy atom. The molecule has 0 aromatic carbocycles. The molecule has 0 heterocycles. The van der Waals surface area contributed by atoms with Gasteiger partial charge in [0, 0.05) is 0 Å². The van der Waals surface area contributed by atoms with Crippen LogP contribution >= 0.6 is 0 Å². The van der Waals surface area contributed by atoms with Crippen molar-refractivity contribution in [2.75, 3.05) is 0 Å². The van der Waals surface area contributed by atoms with Crippen LogP contribution in [0.5, 0.6) is 0 Å². The number of rotatable bonds is 1. The van der Waals surface area contributed by atoms with Crippen LogP contribution in [0.25, 0.3) is 0 Å². The highest BCUT2D eigenvalue weighted by Gasteiger charge is 2.30. The van der Waals surface area contributed by atoms with Crippen molar-refractivity contribution in [2.45, 2.75) is 84.5 Å². The molecule has 1 aliphatic carbocycles. The van der Waals surface area contributed by atoms with Gasteiger partial charge in [-0.15, -0.1) is 0 Å². The number of allylic oxidation sites excluding steroid dienone is 1. The fourth-order valence-electron chi connectivity index (χ4n) is 2.15. The second-order valence-corrected chi connectivity index (χ2v) is 7.74. The Bertz CT molecular complexity index is 446. The molecule has 1 N–H and O–H groups in total. The maximum atomic E-state index is 12.5. The lowest BCUT2D eigenvalue weighted by atomic mass is 10.1. The molecule has 0 radical (unpaired) electrons. The Morgan fingerprint density at radius 1 is 1.04 bits per heavy atom. The number of amides is 2. The molecule has 0 saturated carbocycles. The van der Waals surface area contributed by atoms with Gasteiger partial charge in [0.05, 0.1) is 6.04 Å². The van der Waals surface area contributed by atoms with Crippen LogP contribution in [0.1, 0.15) is 67.2 Å². The van der Waals surface area contributed by atoms with Gasteiger partial charge in [0.1, 0.15) is 11.2 Å². The van der Waals surface area contributed by atoms with E-state index in [1.165, 1.54) is 5.01 Å². The van der Waals surface area contributed by atoms with Crippen LogP contribution in [0.2, 0.25) is 0 Å². The Hall–Kier alpha value is -1.72. The van der Waals surface area contributed by atoms with Crippen molar-refractivity contribution in [3.05, 3.63) is 12.2 Å². The normalized spacial score (nSPS) is 18.8. The summed E-state index contributed by atoms with van der Waals surface area (Å²) in [7, 11) is 0. The van der Waals surface area contributed by atoms with Crippen LogP contribution in [0.3, 0.4) is 0 Å². The van der Waals surface area contributed by atoms with Gasteiger partial charge in [-0.3, -0.25) is 0 Å². The van der Waals surface area contributed by atoms with E-state index in [0.717, 1.165) is 25.7 Å². The summed E-state index contributed by atoms with van der Waals surface area (Å²) < 4.78 is 10.7. The van der Waals surface area contributed by atoms with Crippen LogP contribution in [0, 0.1) is 0 Å². The van der Waals surface area contributed by atoms with Crippen molar-refractivity contribution < 1.29 is 19.1 Å². The standard InChI is InChI=1S/C17H30N2O4/c1-16(2,3)22-14(20)18-19(15(21)23-17(4,5)6)13-11-9-7-8-10-12-13/h9,11,13H,7-8,10,12H2,1-6H3,(H,18,20). The number of nitrogens with one attached hydrogen (secondary N) is 1. The first-order valence-corrected chi connectivity index (χ1v) is 8.16. The number of carbonyl (C=O) groups is 2. The first-order valence-electron chi connectivity index (χ1n) is 8.16. The molecule has 6 heteroatoms. The second kappa shape index (κ2) is 7.70. The summed E-state index contributed by atoms with van der Waals surface area (Å²) in [6.07, 6.45) is 6.52. The maximum Gasteiger partial charge on any atom is 0.429 e. The summed E-state index contributed by atoms with van der Waals surface area (Å²) in [5, 5.41) is 1.24. The van der Waals surface area contributed by atoms with Crippen LogP contribution in [0.4, 0.5) is 9.59 Å². The highest BCUT2D eigenvalue weighted by atomic mass is 16.6. The van der Waals surface area contributed by atoms with Gasteiger partial charge in [0.2, 0.25) is 0 Å². The Kier molecular flexibility index (Phi) is 6.47. The van der Waals surface area contributed by atoms with Crippen molar-refractivity contribution in [2.24, 2.45) is 0 Å². The molecule has 0 aromatic rings. The molecule has 0 fully saturated rings. The zero-order valence-corrected chi connectivity index (χ0v) is 15.1. The molecule has 0 bridgehead atoms. The van der Waals surface area contributed by atoms with E-state index in [1.54, 1.807) is 41.5 Å². The van der Waals surface area contributed by atoms with Gasteiger partial charge in [-0.2, -0.15) is 0 Å². The average molecular weight is 326 g/mol. The topological polar surface area (TPSA) is 67.9 Å². The lowest BCUT2D eigenvalue weighted by Gasteiger charge is -2.32. The van der Waals surface area contributed by atoms with Crippen LogP contribution in [-0.2, 0) is 9.47 Å². The average Bonchev–Trinajstić information content (AvgIpc) is 2.60. The van der Waals surface area contributed by atoms with Crippen LogP contribution in [-0.4, -0.2) is 34.4 Å². The van der Waals surface area contributed by atoms with E-state index in [9.17, 15) is 9.59 Å². The molecule has 0 spiro atoms. The minimum absolute atomic E-state index is 0.236. The van der Waals surface area contributed by atoms with E-state index in [4.69, 9.17) is 9.47 Å². The fourth-order valence-corrected chi connectivity index (χ4v) is 2.15. The quantitative estimate of drug-likeness (QED) is 0.580. The number of carbonyl (C=O) groups excluding carboxylic acids is 2. The summed E-state index contributed by atoms with van der Waals surface area (Å²) in [5.41, 5.74) is 1.26. The van der Waals surface area contributed by atoms with Gasteiger partial charge >= 0.3 is 12.2 Å². The van der Waals surface area contributed by atoms with Crippen LogP contribution in [0.15, 0.2) is 12.2 Å². The SMILES string of the molecule is CC(C)(C)OC(=O)NN(C(=O)OC(C)(C)C)C1C=CCCCC1. The second-order valence-electron chi connectivity index (χ2n) is 7.74. The summed E-state index contributed by atoms with van der Waals surface area (Å²) in [6, 6.07) is -0.236. The number of ether oxygens (including phenoxy) is 2. The van der Waals surface area contributed by atoms with Crippen molar-refractivity contribution in [3.8, 4) is 0 Å². The molecule has 1 atom stereocenters. The Morgan fingerprint density at radius 2 is 1.65 bits per heavy atom. The van der Waals surface area contributed by atoms with Gasteiger partial charge in [-0.1, -0.05) is 18.6 Å². The minimum atomic E-state index is -0.666. The first-order chi connectivity index (χ1) is 10.5. The molecular weight excluding hydrogens is 296 g/mol. The lowest BCUT2D eigenvalue weighted by molar-refractivity contribution is -0.00567. The number of nitrogens with zero attached hydrogens (tertiary/aromatic N) is 1. The molecule has 0 aliphatic heterocycles. The van der Waals surface area contributed by atoms with E-state index in [0.29, 0.717) is 0 Å². The first kappa shape index (κ1) is 19.3. The summed E-state index contributed by atoms with van der Waals surface area (Å²) in [5.74, 6) is 0. The largest absolute Gasteiger partial charge is 0.443 e. The zero-order chi connectivity index (χ0) is 17.7. The summed E-state index contributed by atoms with van der Waals surface area (Å²) >= 11 is 0. The molecule has 1 aliphatic rings. The summed E-state index contributed by atoms with van der Waals surface area (Å²) in [6.45, 7) is 10.7. The zero-order valence-electron chi connectivity index (χ0n) is 15.1. The van der Waals surface area contributed by atoms with E-state index < -0.39 is 23.4 Å². The monoisotopic (exact) mass is 326 g/mol. The molecule has 1 rings (SSSR count). The van der Waals surface area contributed by atoms with E-state index in [-0.39, 0.29) is 6.04 Å². The third kappa shape index (κ3) is 7.90. The van der Waals surface area contributed by atoms with Crippen molar-refractivity contribution in [3.63, 3.8) is 0 Å². The predicted molar refractivity (Wildman–Crippen MR) is 88.8 cm³/mol. The smallest absolute Gasteiger partial charge is 0.429 e. The minimum Gasteiger partial charge on any atom is -0.443 e. The predicted octanol–water partition coefficient (Wildman–Crippen LogP) is 4.16. The number of hydrogen-bond acceptors (Lipinski definition) is 4. The Labute approximate surface area is 139 Å². The number of hydrazine groups is 1. The molecule has 0 saturated heterocycles. The Balaban J connectivity index is 2.87. The fraction of sp³-hybridized carbons (Fsp3) is 0.765. The van der Waals surface area contributed by atoms with Crippen molar-refractivity contribution in [1.29, 1.82) is 0 Å². The van der Waals surface area contributed by atoms with Gasteiger partial charge < -0.3 is 9.47 Å². The van der Waals surface area contributed by atoms with Gasteiger partial charge in [-0.05, 0) is 60.8 Å². The van der Waals surface area contributed by atoms with E-state index in [1.807, 2.05) is 12.2 Å². The van der Waals surface area contributed by atoms with E-state index in [2.05, 4.69) is 5.43 Å². The molecule has 23 heavy (non-hydrogen) atoms. The molecule has 2 amide bonds. The summed E-state index contributed by atoms with van der Waals surface area (Å²) in [4.78, 5) is 24.5. The van der Waals surface area contributed by atoms with Gasteiger partial charge in [-0.25, -0.2) is 20.0 Å². The molecule has 6 nitrogen and oxygen atoms in total. The number of hydrogen-bond donors (Lipinski definition) is 1. The van der Waals surface area contributed by atoms with Gasteiger partial charge in [0.25, 0.3) is 0 Å². The highest BCUT2D eigenvalue weighted by Crippen LogP contribution is 2.18. The molecule has 1 unspecified atom stereocenters. The molecule has 0 aromatic heterocycles. The lowest BCUT2D eigenvalue weighted by Crippen LogP contribution is -2.53. The third-order valence-corrected chi connectivity index (χ3v) is 3.01. The van der Waals surface area contributed by atoms with Crippen molar-refractivity contribution in [1.82, 2.24) is 10.4 Å². The molecule has 132 valence electrons.